The fraction of sp³-hybridized carbons (Fsp3) is 0.408. The maximum absolute atomic E-state index is 14.0. The first kappa shape index (κ1) is 47.2. The van der Waals surface area contributed by atoms with Gasteiger partial charge in [-0.1, -0.05) is 62.0 Å². The maximum Gasteiger partial charge on any atom is 0.273 e. The van der Waals surface area contributed by atoms with E-state index in [0.717, 1.165) is 105 Å². The number of hydrogen-bond acceptors (Lipinski definition) is 11. The number of pyridine rings is 1. The minimum atomic E-state index is -4.56. The van der Waals surface area contributed by atoms with Crippen LogP contribution in [0.2, 0.25) is 5.02 Å². The Kier molecular flexibility index (Phi) is 14.0. The number of sulfonamides is 1. The summed E-state index contributed by atoms with van der Waals surface area (Å²) >= 11 is 6.25. The van der Waals surface area contributed by atoms with E-state index in [2.05, 4.69) is 65.6 Å². The van der Waals surface area contributed by atoms with Crippen molar-refractivity contribution >= 4 is 70.8 Å². The largest absolute Gasteiger partial charge is 0.455 e. The first-order chi connectivity index (χ1) is 31.5. The Bertz CT molecular complexity index is 2890. The van der Waals surface area contributed by atoms with Gasteiger partial charge in [-0.2, -0.15) is 0 Å². The van der Waals surface area contributed by atoms with Crippen LogP contribution < -0.4 is 14.4 Å². The lowest BCUT2D eigenvalue weighted by atomic mass is 9.72. The number of H-pyrrole nitrogens is 1. The lowest BCUT2D eigenvalue weighted by Gasteiger charge is -2.39. The monoisotopic (exact) mass is 954 g/mol. The van der Waals surface area contributed by atoms with Crippen LogP contribution in [0.5, 0.6) is 11.5 Å². The Morgan fingerprint density at radius 2 is 1.77 bits per heavy atom. The van der Waals surface area contributed by atoms with Crippen LogP contribution in [0.1, 0.15) is 61.5 Å². The van der Waals surface area contributed by atoms with E-state index in [1.807, 2.05) is 32.2 Å². The number of benzene rings is 3. The molecule has 2 aliphatic heterocycles. The fourth-order valence-corrected chi connectivity index (χ4v) is 12.2. The molecular weight excluding hydrogens is 896 g/mol. The van der Waals surface area contributed by atoms with Crippen LogP contribution in [0.15, 0.2) is 100 Å². The SMILES string of the molecule is C=S1(=NC)CCN(C[C@H](C)Cc2ccc(S(=O)(=O)NC(=O)c3ccc(N4CCN(CC5=C(c6ccc(Cl)cc6)CC(C)(C)CC5)CC4)cc3Oc3cnc4[nH]ccc4c3)cc2[N+](=O)[O-])CC1. The van der Waals surface area contributed by atoms with Crippen molar-refractivity contribution in [2.75, 3.05) is 75.8 Å². The molecule has 2 saturated heterocycles. The third kappa shape index (κ3) is 11.1. The number of carbonyl (C=O) groups excluding carboxylic acids is 1. The minimum absolute atomic E-state index is 0.0278. The van der Waals surface area contributed by atoms with Gasteiger partial charge in [0.2, 0.25) is 0 Å². The molecule has 2 fully saturated rings. The van der Waals surface area contributed by atoms with Crippen LogP contribution in [0.4, 0.5) is 11.4 Å². The summed E-state index contributed by atoms with van der Waals surface area (Å²) in [7, 11) is -3.90. The number of fused-ring (bicyclic) bond motifs is 1. The number of halogens is 1. The molecule has 350 valence electrons. The number of rotatable bonds is 14. The van der Waals surface area contributed by atoms with Crippen LogP contribution in [0.25, 0.3) is 16.6 Å². The van der Waals surface area contributed by atoms with Crippen LogP contribution in [-0.2, 0) is 25.9 Å². The van der Waals surface area contributed by atoms with Crippen molar-refractivity contribution in [3.8, 4) is 11.5 Å². The third-order valence-electron chi connectivity index (χ3n) is 13.2. The predicted octanol–water partition coefficient (Wildman–Crippen LogP) is 8.72. The van der Waals surface area contributed by atoms with Gasteiger partial charge in [-0.25, -0.2) is 18.1 Å². The van der Waals surface area contributed by atoms with E-state index in [-0.39, 0.29) is 33.2 Å². The zero-order valence-corrected chi connectivity index (χ0v) is 40.5. The highest BCUT2D eigenvalue weighted by atomic mass is 35.5. The molecule has 17 heteroatoms. The molecule has 0 saturated carbocycles. The van der Waals surface area contributed by atoms with Crippen LogP contribution in [-0.4, -0.2) is 116 Å². The maximum atomic E-state index is 14.0. The second-order valence-corrected chi connectivity index (χ2v) is 24.0. The standard InChI is InChI=1S/C49H59ClN8O6S2/c1-34(32-56-22-24-65(5,51-4)25-23-56)26-36-8-12-42(29-45(36)58(60)61)66(62,63)54-48(59)43-13-11-40(28-46(43)64-41-27-37-15-17-52-47(37)53-31-41)57-20-18-55(19-21-57)33-38-14-16-49(2,3)30-44(38)35-6-9-39(50)10-7-35/h6-13,15,17,27-29,31,34H,5,14,16,18-26,30,32-33H2,1-4H3,(H,52,53)(H,54,59)/t34-/m1/s1. The Balaban J connectivity index is 0.985. The molecule has 2 aromatic heterocycles. The summed E-state index contributed by atoms with van der Waals surface area (Å²) in [6, 6.07) is 20.7. The van der Waals surface area contributed by atoms with Gasteiger partial charge < -0.3 is 19.5 Å². The number of nitro groups is 1. The van der Waals surface area contributed by atoms with Crippen molar-refractivity contribution in [1.82, 2.24) is 24.5 Å². The van der Waals surface area contributed by atoms with Gasteiger partial charge in [0.15, 0.2) is 0 Å². The number of allylic oxidation sites excluding steroid dienone is 1. The minimum Gasteiger partial charge on any atom is -0.455 e. The van der Waals surface area contributed by atoms with E-state index >= 15 is 0 Å². The fourth-order valence-electron chi connectivity index (χ4n) is 9.33. The van der Waals surface area contributed by atoms with Crippen LogP contribution >= 0.6 is 11.6 Å². The number of amides is 1. The summed E-state index contributed by atoms with van der Waals surface area (Å²) in [6.45, 7) is 13.2. The highest BCUT2D eigenvalue weighted by Gasteiger charge is 2.31. The van der Waals surface area contributed by atoms with Crippen LogP contribution in [0, 0.1) is 21.4 Å². The number of nitro benzene ring substituents is 1. The van der Waals surface area contributed by atoms with Crippen molar-refractivity contribution in [3.63, 3.8) is 0 Å². The molecule has 0 unspecified atom stereocenters. The number of ether oxygens (including phenoxy) is 1. The topological polar surface area (TPSA) is 166 Å². The van der Waals surface area contributed by atoms with Crippen LogP contribution in [0.3, 0.4) is 0 Å². The lowest BCUT2D eigenvalue weighted by Crippen LogP contribution is -2.47. The molecule has 2 N–H and O–H groups in total. The number of hydrogen-bond donors (Lipinski definition) is 2. The van der Waals surface area contributed by atoms with E-state index in [1.54, 1.807) is 30.5 Å². The highest BCUT2D eigenvalue weighted by molar-refractivity contribution is 8.02. The van der Waals surface area contributed by atoms with Gasteiger partial charge in [-0.3, -0.25) is 24.2 Å². The summed E-state index contributed by atoms with van der Waals surface area (Å²) in [5, 5.41) is 13.9. The van der Waals surface area contributed by atoms with Gasteiger partial charge >= 0.3 is 0 Å². The van der Waals surface area contributed by atoms with Crippen molar-refractivity contribution in [2.24, 2.45) is 15.7 Å². The molecule has 0 radical (unpaired) electrons. The van der Waals surface area contributed by atoms with Gasteiger partial charge in [0.05, 0.1) is 21.6 Å². The van der Waals surface area contributed by atoms with E-state index in [9.17, 15) is 23.3 Å². The van der Waals surface area contributed by atoms with Crippen molar-refractivity contribution in [3.05, 3.63) is 123 Å². The van der Waals surface area contributed by atoms with Gasteiger partial charge in [-0.05, 0) is 90.6 Å². The molecule has 0 bridgehead atoms. The quantitative estimate of drug-likeness (QED) is 0.0625. The number of nitrogens with one attached hydrogen (secondary N) is 2. The average molecular weight is 956 g/mol. The smallest absolute Gasteiger partial charge is 0.273 e. The van der Waals surface area contributed by atoms with E-state index in [0.29, 0.717) is 23.4 Å². The second-order valence-electron chi connectivity index (χ2n) is 18.7. The summed E-state index contributed by atoms with van der Waals surface area (Å²) in [6.07, 6.45) is 6.88. The Morgan fingerprint density at radius 1 is 1.03 bits per heavy atom. The molecule has 3 aromatic carbocycles. The molecule has 4 heterocycles. The van der Waals surface area contributed by atoms with E-state index < -0.39 is 30.3 Å². The molecule has 14 nitrogen and oxygen atoms in total. The molecule has 0 spiro atoms. The van der Waals surface area contributed by atoms with Gasteiger partial charge in [0.25, 0.3) is 21.6 Å². The third-order valence-corrected chi connectivity index (χ3v) is 17.5. The first-order valence-corrected chi connectivity index (χ1v) is 26.4. The molecule has 5 aromatic rings. The highest BCUT2D eigenvalue weighted by Crippen LogP contribution is 2.43. The Morgan fingerprint density at radius 3 is 2.48 bits per heavy atom. The molecular formula is C49H59ClN8O6S2. The lowest BCUT2D eigenvalue weighted by molar-refractivity contribution is -0.385. The normalized spacial score (nSPS) is 18.5. The van der Waals surface area contributed by atoms with E-state index in [1.165, 1.54) is 35.0 Å². The number of aromatic amines is 1. The Hall–Kier alpha value is -5.26. The second kappa shape index (κ2) is 19.5. The zero-order chi connectivity index (χ0) is 46.8. The molecule has 8 rings (SSSR count). The number of nitrogens with zero attached hydrogens (tertiary/aromatic N) is 6. The average Bonchev–Trinajstić information content (AvgIpc) is 3.76. The summed E-state index contributed by atoms with van der Waals surface area (Å²) in [5.74, 6) is 5.80. The molecule has 3 aliphatic rings. The van der Waals surface area contributed by atoms with Gasteiger partial charge in [0, 0.05) is 111 Å². The summed E-state index contributed by atoms with van der Waals surface area (Å²) in [5.41, 5.74) is 5.90. The predicted molar refractivity (Wildman–Crippen MR) is 267 cm³/mol. The molecule has 66 heavy (non-hydrogen) atoms. The number of aromatic nitrogens is 2. The van der Waals surface area contributed by atoms with Crippen molar-refractivity contribution in [1.29, 1.82) is 0 Å². The molecule has 1 amide bonds. The van der Waals surface area contributed by atoms with Gasteiger partial charge in [0.1, 0.15) is 17.1 Å². The van der Waals surface area contributed by atoms with Crippen molar-refractivity contribution < 1.29 is 22.9 Å². The molecule has 1 atom stereocenters. The number of piperazine rings is 1. The molecule has 1 aliphatic carbocycles. The van der Waals surface area contributed by atoms with Gasteiger partial charge in [-0.15, -0.1) is 9.41 Å². The zero-order valence-electron chi connectivity index (χ0n) is 38.1. The summed E-state index contributed by atoms with van der Waals surface area (Å²) < 4.78 is 40.7. The van der Waals surface area contributed by atoms with E-state index in [4.69, 9.17) is 16.3 Å². The Labute approximate surface area is 393 Å². The number of anilines is 1. The van der Waals surface area contributed by atoms with Crippen molar-refractivity contribution in [2.45, 2.75) is 51.3 Å². The summed E-state index contributed by atoms with van der Waals surface area (Å²) in [4.78, 5) is 40.0. The first-order valence-electron chi connectivity index (χ1n) is 22.5. The number of carbonyl (C=O) groups is 1.